The molecule has 1 aromatic carbocycles. The van der Waals surface area contributed by atoms with Crippen molar-refractivity contribution in [1.29, 1.82) is 0 Å². The molecule has 31 heavy (non-hydrogen) atoms. The Hall–Kier alpha value is -3.53. The average Bonchev–Trinajstić information content (AvgIpc) is 3.50. The van der Waals surface area contributed by atoms with Gasteiger partial charge in [0.25, 0.3) is 23.3 Å². The molecule has 0 bridgehead atoms. The van der Waals surface area contributed by atoms with Crippen molar-refractivity contribution in [3.63, 3.8) is 0 Å². The number of aromatic nitrogens is 2. The third-order valence-corrected chi connectivity index (χ3v) is 6.09. The monoisotopic (exact) mass is 439 g/mol. The van der Waals surface area contributed by atoms with E-state index >= 15 is 0 Å². The number of carbonyl (C=O) groups is 3. The van der Waals surface area contributed by atoms with Gasteiger partial charge in [-0.3, -0.25) is 30.0 Å². The lowest BCUT2D eigenvalue weighted by Crippen LogP contribution is -2.51. The highest BCUT2D eigenvalue weighted by Crippen LogP contribution is 2.22. The van der Waals surface area contributed by atoms with Crippen molar-refractivity contribution in [3.05, 3.63) is 62.7 Å². The highest BCUT2D eigenvalue weighted by Gasteiger charge is 2.35. The van der Waals surface area contributed by atoms with Crippen molar-refractivity contribution in [3.8, 4) is 0 Å². The first-order valence-electron chi connectivity index (χ1n) is 9.95. The fourth-order valence-corrected chi connectivity index (χ4v) is 4.38. The van der Waals surface area contributed by atoms with Crippen LogP contribution in [0.25, 0.3) is 10.8 Å². The van der Waals surface area contributed by atoms with Crippen LogP contribution in [-0.2, 0) is 11.3 Å². The second-order valence-electron chi connectivity index (χ2n) is 7.09. The number of carbonyl (C=O) groups excluding carboxylic acids is 3. The van der Waals surface area contributed by atoms with Crippen LogP contribution in [-0.4, -0.2) is 45.0 Å². The van der Waals surface area contributed by atoms with E-state index < -0.39 is 17.9 Å². The second-order valence-corrected chi connectivity index (χ2v) is 8.04. The zero-order chi connectivity index (χ0) is 22.0. The van der Waals surface area contributed by atoms with E-state index in [0.717, 1.165) is 0 Å². The molecule has 160 valence electrons. The molecule has 1 aliphatic heterocycles. The van der Waals surface area contributed by atoms with Gasteiger partial charge < -0.3 is 4.90 Å². The van der Waals surface area contributed by atoms with Crippen LogP contribution in [0.1, 0.15) is 39.9 Å². The molecule has 3 aromatic rings. The van der Waals surface area contributed by atoms with E-state index in [9.17, 15) is 19.2 Å². The third kappa shape index (κ3) is 3.93. The smallest absolute Gasteiger partial charge is 0.290 e. The van der Waals surface area contributed by atoms with Crippen LogP contribution in [0, 0.1) is 0 Å². The van der Waals surface area contributed by atoms with Gasteiger partial charge in [0.2, 0.25) is 0 Å². The molecule has 9 nitrogen and oxygen atoms in total. The Morgan fingerprint density at radius 1 is 1.13 bits per heavy atom. The van der Waals surface area contributed by atoms with Crippen LogP contribution in [0.5, 0.6) is 0 Å². The Morgan fingerprint density at radius 2 is 1.90 bits per heavy atom. The number of thiophene rings is 1. The van der Waals surface area contributed by atoms with Crippen LogP contribution in [0.3, 0.4) is 0 Å². The topological polar surface area (TPSA) is 113 Å². The molecule has 1 saturated heterocycles. The molecule has 2 N–H and O–H groups in total. The van der Waals surface area contributed by atoms with Crippen molar-refractivity contribution in [2.24, 2.45) is 0 Å². The van der Waals surface area contributed by atoms with E-state index in [4.69, 9.17) is 0 Å². The Morgan fingerprint density at radius 3 is 2.61 bits per heavy atom. The Bertz CT molecular complexity index is 1200. The molecular weight excluding hydrogens is 418 g/mol. The van der Waals surface area contributed by atoms with Gasteiger partial charge in [-0.15, -0.1) is 11.3 Å². The van der Waals surface area contributed by atoms with E-state index in [0.29, 0.717) is 41.6 Å². The van der Waals surface area contributed by atoms with E-state index in [1.807, 2.05) is 5.38 Å². The number of aryl methyl sites for hydroxylation is 1. The molecule has 2 aromatic heterocycles. The SMILES string of the molecule is CCn1nc(C(=O)NNC(=O)[C@@H]2CCCN2C(=O)c2cccs2)c2ccccc2c1=O. The predicted molar refractivity (Wildman–Crippen MR) is 116 cm³/mol. The Kier molecular flexibility index (Phi) is 5.81. The van der Waals surface area contributed by atoms with E-state index in [1.165, 1.54) is 20.9 Å². The van der Waals surface area contributed by atoms with Gasteiger partial charge in [0.15, 0.2) is 5.69 Å². The quantitative estimate of drug-likeness (QED) is 0.599. The van der Waals surface area contributed by atoms with Gasteiger partial charge in [-0.2, -0.15) is 5.10 Å². The summed E-state index contributed by atoms with van der Waals surface area (Å²) in [5.74, 6) is -1.30. The summed E-state index contributed by atoms with van der Waals surface area (Å²) >= 11 is 1.32. The second kappa shape index (κ2) is 8.68. The highest BCUT2D eigenvalue weighted by atomic mass is 32.1. The van der Waals surface area contributed by atoms with Gasteiger partial charge >= 0.3 is 0 Å². The van der Waals surface area contributed by atoms with Gasteiger partial charge in [-0.1, -0.05) is 24.3 Å². The molecule has 10 heteroatoms. The summed E-state index contributed by atoms with van der Waals surface area (Å²) in [6.45, 7) is 2.54. The van der Waals surface area contributed by atoms with Gasteiger partial charge in [-0.25, -0.2) is 4.68 Å². The first kappa shape index (κ1) is 20.7. The van der Waals surface area contributed by atoms with Crippen molar-refractivity contribution in [2.75, 3.05) is 6.54 Å². The Balaban J connectivity index is 1.50. The summed E-state index contributed by atoms with van der Waals surface area (Å²) in [4.78, 5) is 52.7. The minimum atomic E-state index is -0.663. The van der Waals surface area contributed by atoms with Gasteiger partial charge in [-0.05, 0) is 37.3 Å². The predicted octanol–water partition coefficient (Wildman–Crippen LogP) is 1.54. The van der Waals surface area contributed by atoms with Crippen molar-refractivity contribution >= 4 is 39.8 Å². The molecular formula is C21H21N5O4S. The number of benzene rings is 1. The molecule has 4 rings (SSSR count). The number of nitrogens with one attached hydrogen (secondary N) is 2. The fourth-order valence-electron chi connectivity index (χ4n) is 3.70. The minimum absolute atomic E-state index is 0.0373. The molecule has 0 radical (unpaired) electrons. The maximum absolute atomic E-state index is 12.8. The standard InChI is InChI=1S/C21H21N5O4S/c1-2-26-20(29)14-8-4-3-7-13(14)17(24-26)19(28)23-22-18(27)15-9-5-11-25(15)21(30)16-10-6-12-31-16/h3-4,6-8,10,12,15H,2,5,9,11H2,1H3,(H,22,27)(H,23,28)/t15-/m0/s1. The number of likely N-dealkylation sites (tertiary alicyclic amines) is 1. The molecule has 1 fully saturated rings. The molecule has 0 unspecified atom stereocenters. The van der Waals surface area contributed by atoms with E-state index in [2.05, 4.69) is 16.0 Å². The van der Waals surface area contributed by atoms with Crippen LogP contribution >= 0.6 is 11.3 Å². The molecule has 1 aliphatic rings. The summed E-state index contributed by atoms with van der Waals surface area (Å²) in [6, 6.07) is 9.54. The molecule has 0 saturated carbocycles. The molecule has 3 amide bonds. The summed E-state index contributed by atoms with van der Waals surface area (Å²) < 4.78 is 1.21. The lowest BCUT2D eigenvalue weighted by atomic mass is 10.1. The lowest BCUT2D eigenvalue weighted by Gasteiger charge is -2.23. The van der Waals surface area contributed by atoms with Crippen molar-refractivity contribution < 1.29 is 14.4 Å². The number of hydrogen-bond donors (Lipinski definition) is 2. The largest absolute Gasteiger partial charge is 0.326 e. The number of nitrogens with zero attached hydrogens (tertiary/aromatic N) is 3. The van der Waals surface area contributed by atoms with Gasteiger partial charge in [0.1, 0.15) is 6.04 Å². The molecule has 0 spiro atoms. The Labute approximate surface area is 181 Å². The van der Waals surface area contributed by atoms with E-state index in [-0.39, 0.29) is 17.2 Å². The minimum Gasteiger partial charge on any atom is -0.326 e. The van der Waals surface area contributed by atoms with Crippen LogP contribution in [0.2, 0.25) is 0 Å². The normalized spacial score (nSPS) is 15.8. The number of rotatable bonds is 4. The first-order chi connectivity index (χ1) is 15.0. The number of amides is 3. The highest BCUT2D eigenvalue weighted by molar-refractivity contribution is 7.12. The maximum atomic E-state index is 12.8. The zero-order valence-corrected chi connectivity index (χ0v) is 17.6. The lowest BCUT2D eigenvalue weighted by molar-refractivity contribution is -0.125. The number of fused-ring (bicyclic) bond motifs is 1. The molecule has 3 heterocycles. The van der Waals surface area contributed by atoms with Crippen molar-refractivity contribution in [2.45, 2.75) is 32.4 Å². The van der Waals surface area contributed by atoms with Crippen LogP contribution in [0.15, 0.2) is 46.6 Å². The summed E-state index contributed by atoms with van der Waals surface area (Å²) in [6.07, 6.45) is 1.22. The van der Waals surface area contributed by atoms with Crippen LogP contribution in [0.4, 0.5) is 0 Å². The van der Waals surface area contributed by atoms with Gasteiger partial charge in [0.05, 0.1) is 10.3 Å². The van der Waals surface area contributed by atoms with Crippen LogP contribution < -0.4 is 16.4 Å². The summed E-state index contributed by atoms with van der Waals surface area (Å²) in [7, 11) is 0. The van der Waals surface area contributed by atoms with Gasteiger partial charge in [0, 0.05) is 18.5 Å². The van der Waals surface area contributed by atoms with Crippen molar-refractivity contribution in [1.82, 2.24) is 25.5 Å². The fraction of sp³-hybridized carbons (Fsp3) is 0.286. The number of hydrogen-bond acceptors (Lipinski definition) is 6. The molecule has 0 aliphatic carbocycles. The first-order valence-corrected chi connectivity index (χ1v) is 10.8. The van der Waals surface area contributed by atoms with E-state index in [1.54, 1.807) is 43.3 Å². The maximum Gasteiger partial charge on any atom is 0.290 e. The average molecular weight is 439 g/mol. The number of hydrazine groups is 1. The summed E-state index contributed by atoms with van der Waals surface area (Å²) in [5.41, 5.74) is 4.55. The zero-order valence-electron chi connectivity index (χ0n) is 16.8. The third-order valence-electron chi connectivity index (χ3n) is 5.23. The molecule has 1 atom stereocenters. The summed E-state index contributed by atoms with van der Waals surface area (Å²) in [5, 5.41) is 6.74.